The fraction of sp³-hybridized carbons (Fsp3) is 0.125. The third-order valence-electron chi connectivity index (χ3n) is 4.96. The summed E-state index contributed by atoms with van der Waals surface area (Å²) in [4.78, 5) is 32.8. The third kappa shape index (κ3) is 4.38. The van der Waals surface area contributed by atoms with Crippen molar-refractivity contribution in [2.24, 2.45) is 0 Å². The number of para-hydroxylation sites is 1. The number of aromatic amines is 1. The Morgan fingerprint density at radius 2 is 1.77 bits per heavy atom. The normalized spacial score (nSPS) is 11.7. The fourth-order valence-electron chi connectivity index (χ4n) is 3.42. The molecule has 0 spiro atoms. The second kappa shape index (κ2) is 9.05. The first-order valence-corrected chi connectivity index (χ1v) is 9.81. The maximum absolute atomic E-state index is 13.0. The highest BCUT2D eigenvalue weighted by Crippen LogP contribution is 2.18. The Labute approximate surface area is 174 Å². The molecule has 6 nitrogen and oxygen atoms in total. The van der Waals surface area contributed by atoms with E-state index in [4.69, 9.17) is 0 Å². The largest absolute Gasteiger partial charge is 0.361 e. The smallest absolute Gasteiger partial charge is 0.253 e. The van der Waals surface area contributed by atoms with Crippen LogP contribution in [-0.4, -0.2) is 28.3 Å². The minimum absolute atomic E-state index is 0.252. The van der Waals surface area contributed by atoms with Crippen LogP contribution in [0, 0.1) is 0 Å². The van der Waals surface area contributed by atoms with Gasteiger partial charge in [-0.1, -0.05) is 48.5 Å². The van der Waals surface area contributed by atoms with E-state index in [0.29, 0.717) is 18.5 Å². The zero-order valence-corrected chi connectivity index (χ0v) is 16.3. The van der Waals surface area contributed by atoms with E-state index < -0.39 is 6.04 Å². The number of amides is 2. The van der Waals surface area contributed by atoms with Gasteiger partial charge in [-0.05, 0) is 35.7 Å². The van der Waals surface area contributed by atoms with E-state index in [1.54, 1.807) is 18.3 Å². The summed E-state index contributed by atoms with van der Waals surface area (Å²) < 4.78 is 0. The van der Waals surface area contributed by atoms with Crippen LogP contribution in [0.25, 0.3) is 10.9 Å². The van der Waals surface area contributed by atoms with Gasteiger partial charge in [0.15, 0.2) is 0 Å². The average molecular weight is 398 g/mol. The molecular weight excluding hydrogens is 376 g/mol. The third-order valence-corrected chi connectivity index (χ3v) is 4.96. The molecule has 2 amide bonds. The van der Waals surface area contributed by atoms with Crippen LogP contribution < -0.4 is 10.6 Å². The summed E-state index contributed by atoms with van der Waals surface area (Å²) in [5, 5.41) is 6.93. The topological polar surface area (TPSA) is 86.9 Å². The number of rotatable bonds is 7. The standard InChI is InChI=1S/C24H22N4O2/c29-23(19-9-6-13-25-15-19)28-22(17-7-2-1-3-8-17)24(30)26-14-12-18-16-27-21-11-5-4-10-20(18)21/h1-11,13,15-16,22,27H,12,14H2,(H,26,30)(H,28,29)/t22-/m0/s1. The molecule has 150 valence electrons. The quantitative estimate of drug-likeness (QED) is 0.446. The van der Waals surface area contributed by atoms with Gasteiger partial charge < -0.3 is 15.6 Å². The minimum Gasteiger partial charge on any atom is -0.361 e. The molecule has 0 saturated heterocycles. The molecule has 0 saturated carbocycles. The molecule has 2 aromatic heterocycles. The van der Waals surface area contributed by atoms with Crippen LogP contribution in [0.1, 0.15) is 27.5 Å². The number of fused-ring (bicyclic) bond motifs is 1. The first-order valence-electron chi connectivity index (χ1n) is 9.81. The molecule has 0 aliphatic rings. The molecule has 6 heteroatoms. The van der Waals surface area contributed by atoms with E-state index in [2.05, 4.69) is 26.7 Å². The molecule has 0 bridgehead atoms. The summed E-state index contributed by atoms with van der Waals surface area (Å²) in [6, 6.07) is 19.8. The molecule has 0 aliphatic heterocycles. The summed E-state index contributed by atoms with van der Waals surface area (Å²) in [5.74, 6) is -0.595. The molecule has 0 radical (unpaired) electrons. The summed E-state index contributed by atoms with van der Waals surface area (Å²) in [7, 11) is 0. The van der Waals surface area contributed by atoms with E-state index in [-0.39, 0.29) is 11.8 Å². The maximum Gasteiger partial charge on any atom is 0.253 e. The van der Waals surface area contributed by atoms with Gasteiger partial charge in [-0.3, -0.25) is 14.6 Å². The van der Waals surface area contributed by atoms with Gasteiger partial charge in [0.2, 0.25) is 5.91 Å². The van der Waals surface area contributed by atoms with Crippen LogP contribution in [-0.2, 0) is 11.2 Å². The van der Waals surface area contributed by atoms with Crippen LogP contribution in [0.3, 0.4) is 0 Å². The summed E-state index contributed by atoms with van der Waals surface area (Å²) in [5.41, 5.74) is 3.34. The lowest BCUT2D eigenvalue weighted by atomic mass is 10.1. The van der Waals surface area contributed by atoms with Crippen molar-refractivity contribution in [1.29, 1.82) is 0 Å². The van der Waals surface area contributed by atoms with Gasteiger partial charge in [-0.25, -0.2) is 0 Å². The van der Waals surface area contributed by atoms with Gasteiger partial charge in [0.25, 0.3) is 5.91 Å². The van der Waals surface area contributed by atoms with Crippen molar-refractivity contribution in [1.82, 2.24) is 20.6 Å². The van der Waals surface area contributed by atoms with Crippen molar-refractivity contribution in [2.45, 2.75) is 12.5 Å². The number of nitrogens with zero attached hydrogens (tertiary/aromatic N) is 1. The van der Waals surface area contributed by atoms with Crippen LogP contribution in [0.2, 0.25) is 0 Å². The van der Waals surface area contributed by atoms with Crippen molar-refractivity contribution in [3.63, 3.8) is 0 Å². The van der Waals surface area contributed by atoms with Crippen LogP contribution >= 0.6 is 0 Å². The average Bonchev–Trinajstić information content (AvgIpc) is 3.21. The van der Waals surface area contributed by atoms with Gasteiger partial charge in [0, 0.05) is 36.0 Å². The Balaban J connectivity index is 1.45. The number of hydrogen-bond donors (Lipinski definition) is 3. The Kier molecular flexibility index (Phi) is 5.85. The number of hydrogen-bond acceptors (Lipinski definition) is 3. The molecular formula is C24H22N4O2. The van der Waals surface area contributed by atoms with Gasteiger partial charge in [-0.2, -0.15) is 0 Å². The molecule has 3 N–H and O–H groups in total. The fourth-order valence-corrected chi connectivity index (χ4v) is 3.42. The van der Waals surface area contributed by atoms with Crippen molar-refractivity contribution < 1.29 is 9.59 Å². The number of nitrogens with one attached hydrogen (secondary N) is 3. The highest BCUT2D eigenvalue weighted by atomic mass is 16.2. The zero-order valence-electron chi connectivity index (χ0n) is 16.3. The number of carbonyl (C=O) groups is 2. The van der Waals surface area contributed by atoms with E-state index >= 15 is 0 Å². The number of pyridine rings is 1. The Bertz CT molecular complexity index is 1140. The predicted molar refractivity (Wildman–Crippen MR) is 116 cm³/mol. The lowest BCUT2D eigenvalue weighted by Crippen LogP contribution is -2.41. The zero-order chi connectivity index (χ0) is 20.8. The van der Waals surface area contributed by atoms with Gasteiger partial charge >= 0.3 is 0 Å². The highest BCUT2D eigenvalue weighted by Gasteiger charge is 2.23. The number of H-pyrrole nitrogens is 1. The van der Waals surface area contributed by atoms with Crippen molar-refractivity contribution >= 4 is 22.7 Å². The molecule has 0 aliphatic carbocycles. The van der Waals surface area contributed by atoms with Crippen LogP contribution in [0.4, 0.5) is 0 Å². The molecule has 2 aromatic carbocycles. The molecule has 30 heavy (non-hydrogen) atoms. The van der Waals surface area contributed by atoms with Gasteiger partial charge in [0.05, 0.1) is 5.56 Å². The summed E-state index contributed by atoms with van der Waals surface area (Å²) in [6.45, 7) is 0.465. The number of benzene rings is 2. The van der Waals surface area contributed by atoms with E-state index in [1.807, 2.05) is 54.7 Å². The Hall–Kier alpha value is -3.93. The van der Waals surface area contributed by atoms with Crippen molar-refractivity contribution in [3.05, 3.63) is 102 Å². The second-order valence-corrected chi connectivity index (χ2v) is 6.96. The summed E-state index contributed by atoms with van der Waals surface area (Å²) in [6.07, 6.45) is 5.73. The molecule has 4 aromatic rings. The molecule has 0 fully saturated rings. The van der Waals surface area contributed by atoms with Gasteiger partial charge in [0.1, 0.15) is 6.04 Å². The van der Waals surface area contributed by atoms with Crippen LogP contribution in [0.5, 0.6) is 0 Å². The monoisotopic (exact) mass is 398 g/mol. The van der Waals surface area contributed by atoms with E-state index in [9.17, 15) is 9.59 Å². The minimum atomic E-state index is -0.790. The Morgan fingerprint density at radius 1 is 0.967 bits per heavy atom. The SMILES string of the molecule is O=C(N[C@H](C(=O)NCCc1c[nH]c2ccccc12)c1ccccc1)c1cccnc1. The van der Waals surface area contributed by atoms with Crippen molar-refractivity contribution in [2.75, 3.05) is 6.54 Å². The number of carbonyl (C=O) groups excluding carboxylic acids is 2. The first kappa shape index (κ1) is 19.4. The lowest BCUT2D eigenvalue weighted by Gasteiger charge is -2.19. The Morgan fingerprint density at radius 3 is 2.57 bits per heavy atom. The van der Waals surface area contributed by atoms with E-state index in [0.717, 1.165) is 22.0 Å². The van der Waals surface area contributed by atoms with Crippen molar-refractivity contribution in [3.8, 4) is 0 Å². The highest BCUT2D eigenvalue weighted by molar-refractivity contribution is 5.97. The first-order chi connectivity index (χ1) is 14.7. The number of aromatic nitrogens is 2. The predicted octanol–water partition coefficient (Wildman–Crippen LogP) is 3.39. The van der Waals surface area contributed by atoms with Crippen LogP contribution in [0.15, 0.2) is 85.3 Å². The molecule has 4 rings (SSSR count). The molecule has 2 heterocycles. The molecule has 1 atom stereocenters. The van der Waals surface area contributed by atoms with E-state index in [1.165, 1.54) is 6.20 Å². The van der Waals surface area contributed by atoms with Gasteiger partial charge in [-0.15, -0.1) is 0 Å². The summed E-state index contributed by atoms with van der Waals surface area (Å²) >= 11 is 0. The second-order valence-electron chi connectivity index (χ2n) is 6.96. The molecule has 0 unspecified atom stereocenters. The lowest BCUT2D eigenvalue weighted by molar-refractivity contribution is -0.123. The maximum atomic E-state index is 13.0.